The van der Waals surface area contributed by atoms with Crippen LogP contribution in [-0.2, 0) is 0 Å². The number of halogens is 2. The van der Waals surface area contributed by atoms with Gasteiger partial charge in [-0.15, -0.1) is 0 Å². The van der Waals surface area contributed by atoms with Gasteiger partial charge in [0.2, 0.25) is 0 Å². The molecule has 2 aromatic carbocycles. The van der Waals surface area contributed by atoms with Crippen molar-refractivity contribution in [3.8, 4) is 0 Å². The van der Waals surface area contributed by atoms with Crippen molar-refractivity contribution in [2.45, 2.75) is 6.04 Å². The zero-order chi connectivity index (χ0) is 13.9. The van der Waals surface area contributed by atoms with E-state index < -0.39 is 0 Å². The molecular formula is C15H11Cl2N3. The predicted molar refractivity (Wildman–Crippen MR) is 80.2 cm³/mol. The molecule has 0 saturated heterocycles. The van der Waals surface area contributed by atoms with Crippen molar-refractivity contribution < 1.29 is 0 Å². The van der Waals surface area contributed by atoms with Gasteiger partial charge in [-0.1, -0.05) is 47.5 Å². The lowest BCUT2D eigenvalue weighted by atomic mass is 9.99. The van der Waals surface area contributed by atoms with Crippen molar-refractivity contribution in [2.75, 3.05) is 0 Å². The lowest BCUT2D eigenvalue weighted by molar-refractivity contribution is 0.518. The van der Waals surface area contributed by atoms with Crippen LogP contribution in [0.1, 0.15) is 17.2 Å². The average Bonchev–Trinajstić information content (AvgIpc) is 2.97. The highest BCUT2D eigenvalue weighted by atomic mass is 35.5. The zero-order valence-electron chi connectivity index (χ0n) is 10.4. The van der Waals surface area contributed by atoms with Crippen LogP contribution >= 0.6 is 23.2 Å². The summed E-state index contributed by atoms with van der Waals surface area (Å²) in [7, 11) is 0. The van der Waals surface area contributed by atoms with Crippen molar-refractivity contribution in [2.24, 2.45) is 0 Å². The van der Waals surface area contributed by atoms with E-state index >= 15 is 0 Å². The van der Waals surface area contributed by atoms with Crippen LogP contribution in [0.4, 0.5) is 0 Å². The summed E-state index contributed by atoms with van der Waals surface area (Å²) in [5.41, 5.74) is 2.13. The molecule has 3 rings (SSSR count). The molecule has 20 heavy (non-hydrogen) atoms. The van der Waals surface area contributed by atoms with E-state index in [2.05, 4.69) is 10.2 Å². The fraction of sp³-hybridized carbons (Fsp3) is 0.0667. The van der Waals surface area contributed by atoms with Gasteiger partial charge in [-0.2, -0.15) is 15.0 Å². The fourth-order valence-electron chi connectivity index (χ4n) is 2.11. The van der Waals surface area contributed by atoms with Crippen LogP contribution in [0.2, 0.25) is 10.0 Å². The van der Waals surface area contributed by atoms with E-state index in [0.29, 0.717) is 10.0 Å². The average molecular weight is 304 g/mol. The van der Waals surface area contributed by atoms with Crippen LogP contribution in [0.3, 0.4) is 0 Å². The van der Waals surface area contributed by atoms with E-state index in [-0.39, 0.29) is 6.04 Å². The fourth-order valence-corrected chi connectivity index (χ4v) is 2.36. The topological polar surface area (TPSA) is 30.7 Å². The number of benzene rings is 2. The van der Waals surface area contributed by atoms with Gasteiger partial charge in [-0.25, -0.2) is 0 Å². The van der Waals surface area contributed by atoms with Crippen LogP contribution in [-0.4, -0.2) is 15.0 Å². The summed E-state index contributed by atoms with van der Waals surface area (Å²) in [6.07, 6.45) is 3.33. The molecule has 0 bridgehead atoms. The Kier molecular flexibility index (Phi) is 3.72. The molecule has 0 unspecified atom stereocenters. The molecule has 0 aliphatic carbocycles. The van der Waals surface area contributed by atoms with E-state index in [9.17, 15) is 0 Å². The lowest BCUT2D eigenvalue weighted by Crippen LogP contribution is -2.15. The molecule has 5 heteroatoms. The first kappa shape index (κ1) is 13.2. The summed E-state index contributed by atoms with van der Waals surface area (Å²) >= 11 is 11.9. The van der Waals surface area contributed by atoms with Crippen LogP contribution in [0, 0.1) is 0 Å². The molecule has 3 aromatic rings. The number of hydrogen-bond donors (Lipinski definition) is 0. The standard InChI is InChI=1S/C15H11Cl2N3/c16-13-5-1-11(2-6-13)15(20-18-9-10-19-20)12-3-7-14(17)8-4-12/h1-10,15H. The van der Waals surface area contributed by atoms with Crippen molar-refractivity contribution >= 4 is 23.2 Å². The highest BCUT2D eigenvalue weighted by Gasteiger charge is 2.17. The van der Waals surface area contributed by atoms with Gasteiger partial charge in [0, 0.05) is 10.0 Å². The molecule has 0 aliphatic rings. The van der Waals surface area contributed by atoms with E-state index in [4.69, 9.17) is 23.2 Å². The third-order valence-electron chi connectivity index (χ3n) is 3.04. The maximum atomic E-state index is 5.95. The monoisotopic (exact) mass is 303 g/mol. The minimum atomic E-state index is -0.0977. The van der Waals surface area contributed by atoms with Crippen molar-refractivity contribution in [1.82, 2.24) is 15.0 Å². The Morgan fingerprint density at radius 1 is 0.700 bits per heavy atom. The highest BCUT2D eigenvalue weighted by Crippen LogP contribution is 2.27. The molecule has 0 atom stereocenters. The molecule has 0 amide bonds. The normalized spacial score (nSPS) is 10.9. The second-order valence-electron chi connectivity index (χ2n) is 4.36. The molecule has 0 radical (unpaired) electrons. The van der Waals surface area contributed by atoms with E-state index in [1.54, 1.807) is 17.2 Å². The summed E-state index contributed by atoms with van der Waals surface area (Å²) < 4.78 is 0. The van der Waals surface area contributed by atoms with Crippen LogP contribution in [0.25, 0.3) is 0 Å². The van der Waals surface area contributed by atoms with Gasteiger partial charge >= 0.3 is 0 Å². The van der Waals surface area contributed by atoms with Crippen LogP contribution < -0.4 is 0 Å². The summed E-state index contributed by atoms with van der Waals surface area (Å²) in [6, 6.07) is 15.3. The minimum Gasteiger partial charge on any atom is -0.173 e. The number of aromatic nitrogens is 3. The number of rotatable bonds is 3. The van der Waals surface area contributed by atoms with Gasteiger partial charge in [0.15, 0.2) is 0 Å². The summed E-state index contributed by atoms with van der Waals surface area (Å²) in [6.45, 7) is 0. The van der Waals surface area contributed by atoms with Gasteiger partial charge in [-0.3, -0.25) is 0 Å². The minimum absolute atomic E-state index is 0.0977. The van der Waals surface area contributed by atoms with Crippen molar-refractivity contribution in [3.63, 3.8) is 0 Å². The van der Waals surface area contributed by atoms with Gasteiger partial charge in [0.25, 0.3) is 0 Å². The molecule has 0 N–H and O–H groups in total. The van der Waals surface area contributed by atoms with E-state index in [1.165, 1.54) is 0 Å². The largest absolute Gasteiger partial charge is 0.173 e. The molecule has 0 saturated carbocycles. The molecule has 0 fully saturated rings. The molecule has 1 aromatic heterocycles. The molecular weight excluding hydrogens is 293 g/mol. The Morgan fingerprint density at radius 2 is 1.10 bits per heavy atom. The third kappa shape index (κ3) is 2.69. The maximum Gasteiger partial charge on any atom is 0.122 e. The number of hydrogen-bond acceptors (Lipinski definition) is 2. The summed E-state index contributed by atoms with van der Waals surface area (Å²) in [4.78, 5) is 1.67. The first-order valence-corrected chi connectivity index (χ1v) is 6.86. The lowest BCUT2D eigenvalue weighted by Gasteiger charge is -2.17. The Balaban J connectivity index is 2.09. The van der Waals surface area contributed by atoms with E-state index in [0.717, 1.165) is 11.1 Å². The molecule has 3 nitrogen and oxygen atoms in total. The molecule has 100 valence electrons. The quantitative estimate of drug-likeness (QED) is 0.725. The van der Waals surface area contributed by atoms with Gasteiger partial charge < -0.3 is 0 Å². The van der Waals surface area contributed by atoms with Gasteiger partial charge in [-0.05, 0) is 35.4 Å². The molecule has 0 aliphatic heterocycles. The Labute approximate surface area is 126 Å². The summed E-state index contributed by atoms with van der Waals surface area (Å²) in [5, 5.41) is 9.92. The van der Waals surface area contributed by atoms with Gasteiger partial charge in [0.1, 0.15) is 6.04 Å². The van der Waals surface area contributed by atoms with E-state index in [1.807, 2.05) is 48.5 Å². The van der Waals surface area contributed by atoms with Gasteiger partial charge in [0.05, 0.1) is 12.4 Å². The Hall–Kier alpha value is -1.84. The Morgan fingerprint density at radius 3 is 1.50 bits per heavy atom. The Bertz CT molecular complexity index is 631. The SMILES string of the molecule is Clc1ccc(C(c2ccc(Cl)cc2)n2nccn2)cc1. The van der Waals surface area contributed by atoms with Crippen LogP contribution in [0.5, 0.6) is 0 Å². The molecule has 0 spiro atoms. The van der Waals surface area contributed by atoms with Crippen molar-refractivity contribution in [3.05, 3.63) is 82.1 Å². The highest BCUT2D eigenvalue weighted by molar-refractivity contribution is 6.30. The van der Waals surface area contributed by atoms with Crippen LogP contribution in [0.15, 0.2) is 60.9 Å². The molecule has 1 heterocycles. The first-order valence-electron chi connectivity index (χ1n) is 6.11. The smallest absolute Gasteiger partial charge is 0.122 e. The second kappa shape index (κ2) is 5.65. The second-order valence-corrected chi connectivity index (χ2v) is 5.23. The summed E-state index contributed by atoms with van der Waals surface area (Å²) in [5.74, 6) is 0. The maximum absolute atomic E-state index is 5.95. The first-order chi connectivity index (χ1) is 9.74. The zero-order valence-corrected chi connectivity index (χ0v) is 12.0. The number of nitrogens with zero attached hydrogens (tertiary/aromatic N) is 3. The van der Waals surface area contributed by atoms with Crippen molar-refractivity contribution in [1.29, 1.82) is 0 Å². The third-order valence-corrected chi connectivity index (χ3v) is 3.54. The predicted octanol–water partition coefficient (Wildman–Crippen LogP) is 4.22.